The Morgan fingerprint density at radius 3 is 2.34 bits per heavy atom. The predicted molar refractivity (Wildman–Crippen MR) is 112 cm³/mol. The summed E-state index contributed by atoms with van der Waals surface area (Å²) in [5.41, 5.74) is 0.474. The molecule has 2 aliphatic rings. The van der Waals surface area contributed by atoms with Crippen LogP contribution in [0.2, 0.25) is 0 Å². The van der Waals surface area contributed by atoms with Crippen LogP contribution in [0.1, 0.15) is 39.0 Å². The van der Waals surface area contributed by atoms with Crippen molar-refractivity contribution in [2.24, 2.45) is 0 Å². The maximum absolute atomic E-state index is 13.2. The highest BCUT2D eigenvalue weighted by atomic mass is 19.1. The van der Waals surface area contributed by atoms with Crippen LogP contribution < -0.4 is 5.32 Å². The van der Waals surface area contributed by atoms with E-state index in [9.17, 15) is 14.0 Å². The number of carbonyl (C=O) groups excluding carboxylic acids is 2. The Balaban J connectivity index is 1.40. The molecule has 29 heavy (non-hydrogen) atoms. The molecule has 1 heterocycles. The van der Waals surface area contributed by atoms with Gasteiger partial charge < -0.3 is 10.2 Å². The second-order valence-corrected chi connectivity index (χ2v) is 8.08. The fourth-order valence-electron chi connectivity index (χ4n) is 4.39. The standard InChI is InChI=1S/C22H33FN4O2/c1-2-27(20-9-4-3-5-10-20)22(29)17-26-13-11-25(12-14-26)16-21(28)24-19-8-6-7-18(23)15-19/h6-8,15,20H,2-5,9-14,16-17H2,1H3,(H,24,28). The van der Waals surface area contributed by atoms with Gasteiger partial charge in [-0.1, -0.05) is 25.3 Å². The van der Waals surface area contributed by atoms with Crippen molar-refractivity contribution in [2.45, 2.75) is 45.1 Å². The molecular weight excluding hydrogens is 371 g/mol. The zero-order valence-corrected chi connectivity index (χ0v) is 17.4. The third kappa shape index (κ3) is 6.51. The van der Waals surface area contributed by atoms with Crippen LogP contribution in [-0.4, -0.2) is 78.4 Å². The molecular formula is C22H33FN4O2. The molecule has 0 radical (unpaired) electrons. The van der Waals surface area contributed by atoms with E-state index < -0.39 is 0 Å². The minimum atomic E-state index is -0.365. The summed E-state index contributed by atoms with van der Waals surface area (Å²) < 4.78 is 13.2. The minimum Gasteiger partial charge on any atom is -0.339 e. The Morgan fingerprint density at radius 1 is 1.07 bits per heavy atom. The molecule has 160 valence electrons. The van der Waals surface area contributed by atoms with E-state index in [-0.39, 0.29) is 24.2 Å². The van der Waals surface area contributed by atoms with E-state index in [1.165, 1.54) is 31.4 Å². The molecule has 2 amide bonds. The van der Waals surface area contributed by atoms with E-state index in [0.29, 0.717) is 18.3 Å². The summed E-state index contributed by atoms with van der Waals surface area (Å²) in [6.07, 6.45) is 6.01. The van der Waals surface area contributed by atoms with Gasteiger partial charge in [-0.15, -0.1) is 0 Å². The van der Waals surface area contributed by atoms with Crippen molar-refractivity contribution in [1.82, 2.24) is 14.7 Å². The molecule has 1 N–H and O–H groups in total. The summed E-state index contributed by atoms with van der Waals surface area (Å²) in [6.45, 7) is 6.65. The maximum Gasteiger partial charge on any atom is 0.238 e. The lowest BCUT2D eigenvalue weighted by Gasteiger charge is -2.37. The van der Waals surface area contributed by atoms with Crippen molar-refractivity contribution >= 4 is 17.5 Å². The normalized spacial score (nSPS) is 19.1. The largest absolute Gasteiger partial charge is 0.339 e. The molecule has 1 aliphatic heterocycles. The number of rotatable bonds is 7. The Kier molecular flexibility index (Phi) is 8.00. The number of carbonyl (C=O) groups is 2. The van der Waals surface area contributed by atoms with Gasteiger partial charge in [0.15, 0.2) is 0 Å². The lowest BCUT2D eigenvalue weighted by molar-refractivity contribution is -0.135. The summed E-state index contributed by atoms with van der Waals surface area (Å²) in [7, 11) is 0. The number of hydrogen-bond acceptors (Lipinski definition) is 4. The number of benzene rings is 1. The number of halogens is 1. The summed E-state index contributed by atoms with van der Waals surface area (Å²) in [4.78, 5) is 31.3. The number of likely N-dealkylation sites (N-methyl/N-ethyl adjacent to an activating group) is 1. The van der Waals surface area contributed by atoms with E-state index in [2.05, 4.69) is 26.9 Å². The first-order valence-electron chi connectivity index (χ1n) is 10.8. The van der Waals surface area contributed by atoms with E-state index in [1.54, 1.807) is 12.1 Å². The molecule has 7 heteroatoms. The second kappa shape index (κ2) is 10.7. The van der Waals surface area contributed by atoms with Crippen molar-refractivity contribution < 1.29 is 14.0 Å². The summed E-state index contributed by atoms with van der Waals surface area (Å²) in [5, 5.41) is 2.74. The van der Waals surface area contributed by atoms with Gasteiger partial charge in [-0.25, -0.2) is 4.39 Å². The molecule has 1 aromatic carbocycles. The van der Waals surface area contributed by atoms with Crippen LogP contribution >= 0.6 is 0 Å². The molecule has 1 saturated heterocycles. The van der Waals surface area contributed by atoms with Gasteiger partial charge in [-0.3, -0.25) is 19.4 Å². The number of amides is 2. The molecule has 0 atom stereocenters. The van der Waals surface area contributed by atoms with Gasteiger partial charge in [0.1, 0.15) is 5.82 Å². The Bertz CT molecular complexity index is 685. The first kappa shape index (κ1) is 21.7. The average molecular weight is 405 g/mol. The highest BCUT2D eigenvalue weighted by Crippen LogP contribution is 2.22. The third-order valence-corrected chi connectivity index (χ3v) is 5.98. The molecule has 6 nitrogen and oxygen atoms in total. The second-order valence-electron chi connectivity index (χ2n) is 8.08. The van der Waals surface area contributed by atoms with Gasteiger partial charge in [0, 0.05) is 44.5 Å². The zero-order chi connectivity index (χ0) is 20.6. The van der Waals surface area contributed by atoms with Crippen molar-refractivity contribution in [3.8, 4) is 0 Å². The first-order valence-corrected chi connectivity index (χ1v) is 10.8. The smallest absolute Gasteiger partial charge is 0.238 e. The Hall–Kier alpha value is -1.99. The molecule has 0 bridgehead atoms. The van der Waals surface area contributed by atoms with Gasteiger partial charge in [-0.05, 0) is 38.0 Å². The SMILES string of the molecule is CCN(C(=O)CN1CCN(CC(=O)Nc2cccc(F)c2)CC1)C1CCCCC1. The minimum absolute atomic E-state index is 0.144. The molecule has 2 fully saturated rings. The molecule has 1 aliphatic carbocycles. The van der Waals surface area contributed by atoms with Gasteiger partial charge in [0.05, 0.1) is 13.1 Å². The lowest BCUT2D eigenvalue weighted by atomic mass is 9.94. The number of piperazine rings is 1. The summed E-state index contributed by atoms with van der Waals surface area (Å²) >= 11 is 0. The van der Waals surface area contributed by atoms with E-state index in [4.69, 9.17) is 0 Å². The number of nitrogens with zero attached hydrogens (tertiary/aromatic N) is 3. The molecule has 3 rings (SSSR count). The summed E-state index contributed by atoms with van der Waals surface area (Å²) in [6, 6.07) is 6.33. The van der Waals surface area contributed by atoms with Crippen LogP contribution in [-0.2, 0) is 9.59 Å². The first-order chi connectivity index (χ1) is 14.0. The van der Waals surface area contributed by atoms with Crippen LogP contribution in [0, 0.1) is 5.82 Å². The fourth-order valence-corrected chi connectivity index (χ4v) is 4.39. The van der Waals surface area contributed by atoms with E-state index in [1.807, 2.05) is 0 Å². The molecule has 0 unspecified atom stereocenters. The van der Waals surface area contributed by atoms with Crippen molar-refractivity contribution in [1.29, 1.82) is 0 Å². The molecule has 0 aromatic heterocycles. The number of nitrogens with one attached hydrogen (secondary N) is 1. The van der Waals surface area contributed by atoms with E-state index >= 15 is 0 Å². The van der Waals surface area contributed by atoms with Crippen LogP contribution in [0.5, 0.6) is 0 Å². The van der Waals surface area contributed by atoms with Gasteiger partial charge in [0.2, 0.25) is 11.8 Å². The fraction of sp³-hybridized carbons (Fsp3) is 0.636. The van der Waals surface area contributed by atoms with Gasteiger partial charge in [-0.2, -0.15) is 0 Å². The number of hydrogen-bond donors (Lipinski definition) is 1. The topological polar surface area (TPSA) is 55.9 Å². The monoisotopic (exact) mass is 404 g/mol. The number of anilines is 1. The summed E-state index contributed by atoms with van der Waals surface area (Å²) in [5.74, 6) is -0.276. The average Bonchev–Trinajstić information content (AvgIpc) is 2.71. The zero-order valence-electron chi connectivity index (χ0n) is 17.4. The quantitative estimate of drug-likeness (QED) is 0.759. The highest BCUT2D eigenvalue weighted by Gasteiger charge is 2.27. The predicted octanol–water partition coefficient (Wildman–Crippen LogP) is 2.56. The Labute approximate surface area is 173 Å². The molecule has 1 aromatic rings. The highest BCUT2D eigenvalue weighted by molar-refractivity contribution is 5.92. The van der Waals surface area contributed by atoms with Crippen LogP contribution in [0.25, 0.3) is 0 Å². The van der Waals surface area contributed by atoms with Gasteiger partial charge in [0.25, 0.3) is 0 Å². The van der Waals surface area contributed by atoms with Crippen molar-refractivity contribution in [2.75, 3.05) is 51.1 Å². The van der Waals surface area contributed by atoms with Crippen molar-refractivity contribution in [3.63, 3.8) is 0 Å². The van der Waals surface area contributed by atoms with Crippen LogP contribution in [0.15, 0.2) is 24.3 Å². The third-order valence-electron chi connectivity index (χ3n) is 5.98. The molecule has 1 saturated carbocycles. The molecule has 0 spiro atoms. The maximum atomic E-state index is 13.2. The Morgan fingerprint density at radius 2 is 1.72 bits per heavy atom. The van der Waals surface area contributed by atoms with Crippen LogP contribution in [0.3, 0.4) is 0 Å². The van der Waals surface area contributed by atoms with Crippen molar-refractivity contribution in [3.05, 3.63) is 30.1 Å². The van der Waals surface area contributed by atoms with Crippen LogP contribution in [0.4, 0.5) is 10.1 Å². The van der Waals surface area contributed by atoms with E-state index in [0.717, 1.165) is 45.6 Å². The van der Waals surface area contributed by atoms with Gasteiger partial charge >= 0.3 is 0 Å². The lowest BCUT2D eigenvalue weighted by Crippen LogP contribution is -2.52.